The van der Waals surface area contributed by atoms with Gasteiger partial charge in [0.1, 0.15) is 0 Å². The van der Waals surface area contributed by atoms with Gasteiger partial charge in [-0.2, -0.15) is 0 Å². The lowest BCUT2D eigenvalue weighted by Crippen LogP contribution is -2.13. The minimum atomic E-state index is -3.55. The summed E-state index contributed by atoms with van der Waals surface area (Å²) < 4.78 is 27.4. The van der Waals surface area contributed by atoms with E-state index in [1.165, 1.54) is 25.7 Å². The second-order valence-electron chi connectivity index (χ2n) is 6.78. The standard InChI is InChI=1S/C21H26N2O2S/c1-17-7-13-21(14-8-17)26(24,25)23-20-11-9-19(10-12-20)22-16-15-18-5-3-2-4-6-18/h5,7-14,22-23H,2-4,6,15-16H2,1H3. The zero-order chi connectivity index (χ0) is 18.4. The Bertz CT molecular complexity index is 854. The maximum atomic E-state index is 12.4. The molecule has 2 N–H and O–H groups in total. The van der Waals surface area contributed by atoms with Crippen LogP contribution in [-0.2, 0) is 10.0 Å². The molecule has 0 radical (unpaired) electrons. The van der Waals surface area contributed by atoms with Crippen LogP contribution in [0.15, 0.2) is 65.1 Å². The second kappa shape index (κ2) is 8.41. The number of nitrogens with one attached hydrogen (secondary N) is 2. The molecule has 138 valence electrons. The van der Waals surface area contributed by atoms with E-state index in [-0.39, 0.29) is 4.90 Å². The van der Waals surface area contributed by atoms with Crippen molar-refractivity contribution in [1.82, 2.24) is 0 Å². The number of hydrogen-bond acceptors (Lipinski definition) is 3. The minimum absolute atomic E-state index is 0.269. The first-order valence-electron chi connectivity index (χ1n) is 9.14. The van der Waals surface area contributed by atoms with E-state index in [0.717, 1.165) is 24.2 Å². The molecule has 0 heterocycles. The Labute approximate surface area is 156 Å². The van der Waals surface area contributed by atoms with E-state index in [9.17, 15) is 8.42 Å². The molecule has 3 rings (SSSR count). The van der Waals surface area contributed by atoms with Crippen molar-refractivity contribution in [2.45, 2.75) is 43.9 Å². The Morgan fingerprint density at radius 3 is 2.27 bits per heavy atom. The highest BCUT2D eigenvalue weighted by Gasteiger charge is 2.13. The third-order valence-corrected chi connectivity index (χ3v) is 6.03. The van der Waals surface area contributed by atoms with Crippen molar-refractivity contribution < 1.29 is 8.42 Å². The summed E-state index contributed by atoms with van der Waals surface area (Å²) >= 11 is 0. The van der Waals surface area contributed by atoms with Gasteiger partial charge in [-0.05, 0) is 75.4 Å². The molecule has 0 amide bonds. The second-order valence-corrected chi connectivity index (χ2v) is 8.46. The molecule has 0 aromatic heterocycles. The van der Waals surface area contributed by atoms with Crippen molar-refractivity contribution in [1.29, 1.82) is 0 Å². The van der Waals surface area contributed by atoms with Crippen LogP contribution in [0, 0.1) is 6.92 Å². The number of benzene rings is 2. The number of allylic oxidation sites excluding steroid dienone is 1. The van der Waals surface area contributed by atoms with Crippen LogP contribution in [0.2, 0.25) is 0 Å². The van der Waals surface area contributed by atoms with Crippen LogP contribution >= 0.6 is 0 Å². The Hall–Kier alpha value is -2.27. The molecule has 26 heavy (non-hydrogen) atoms. The van der Waals surface area contributed by atoms with E-state index >= 15 is 0 Å². The molecule has 0 spiro atoms. The van der Waals surface area contributed by atoms with Crippen LogP contribution in [0.4, 0.5) is 11.4 Å². The summed E-state index contributed by atoms with van der Waals surface area (Å²) in [6.07, 6.45) is 8.50. The monoisotopic (exact) mass is 370 g/mol. The zero-order valence-corrected chi connectivity index (χ0v) is 16.0. The lowest BCUT2D eigenvalue weighted by atomic mass is 9.97. The van der Waals surface area contributed by atoms with Gasteiger partial charge < -0.3 is 5.32 Å². The molecular formula is C21H26N2O2S. The summed E-state index contributed by atoms with van der Waals surface area (Å²) in [5.41, 5.74) is 4.14. The van der Waals surface area contributed by atoms with Crippen LogP contribution in [-0.4, -0.2) is 15.0 Å². The van der Waals surface area contributed by atoms with Gasteiger partial charge in [0.25, 0.3) is 10.0 Å². The fraction of sp³-hybridized carbons (Fsp3) is 0.333. The van der Waals surface area contributed by atoms with Gasteiger partial charge in [0.15, 0.2) is 0 Å². The van der Waals surface area contributed by atoms with Crippen molar-refractivity contribution in [3.63, 3.8) is 0 Å². The Morgan fingerprint density at radius 2 is 1.62 bits per heavy atom. The van der Waals surface area contributed by atoms with E-state index < -0.39 is 10.0 Å². The normalized spacial score (nSPS) is 14.6. The van der Waals surface area contributed by atoms with Crippen LogP contribution in [0.3, 0.4) is 0 Å². The number of aryl methyl sites for hydroxylation is 1. The Balaban J connectivity index is 1.55. The fourth-order valence-electron chi connectivity index (χ4n) is 3.09. The van der Waals surface area contributed by atoms with Gasteiger partial charge in [0, 0.05) is 17.9 Å². The van der Waals surface area contributed by atoms with Crippen LogP contribution < -0.4 is 10.0 Å². The van der Waals surface area contributed by atoms with Gasteiger partial charge in [0.05, 0.1) is 4.90 Å². The molecule has 0 fully saturated rings. The highest BCUT2D eigenvalue weighted by Crippen LogP contribution is 2.21. The van der Waals surface area contributed by atoms with Crippen LogP contribution in [0.5, 0.6) is 0 Å². The molecule has 5 heteroatoms. The van der Waals surface area contributed by atoms with Crippen molar-refractivity contribution in [3.05, 3.63) is 65.7 Å². The molecule has 1 aliphatic rings. The van der Waals surface area contributed by atoms with Gasteiger partial charge >= 0.3 is 0 Å². The topological polar surface area (TPSA) is 58.2 Å². The van der Waals surface area contributed by atoms with Gasteiger partial charge in [-0.15, -0.1) is 0 Å². The van der Waals surface area contributed by atoms with Crippen molar-refractivity contribution in [2.24, 2.45) is 0 Å². The first-order valence-corrected chi connectivity index (χ1v) is 10.6. The number of sulfonamides is 1. The van der Waals surface area contributed by atoms with Crippen molar-refractivity contribution >= 4 is 21.4 Å². The van der Waals surface area contributed by atoms with Crippen molar-refractivity contribution in [2.75, 3.05) is 16.6 Å². The van der Waals surface area contributed by atoms with Gasteiger partial charge in [-0.25, -0.2) is 8.42 Å². The largest absolute Gasteiger partial charge is 0.385 e. The summed E-state index contributed by atoms with van der Waals surface area (Å²) in [6, 6.07) is 14.2. The predicted octanol–water partition coefficient (Wildman–Crippen LogP) is 5.10. The average molecular weight is 371 g/mol. The molecule has 2 aromatic carbocycles. The minimum Gasteiger partial charge on any atom is -0.385 e. The maximum Gasteiger partial charge on any atom is 0.261 e. The molecular weight excluding hydrogens is 344 g/mol. The molecule has 0 bridgehead atoms. The molecule has 0 unspecified atom stereocenters. The lowest BCUT2D eigenvalue weighted by molar-refractivity contribution is 0.601. The van der Waals surface area contributed by atoms with E-state index in [4.69, 9.17) is 0 Å². The SMILES string of the molecule is Cc1ccc(S(=O)(=O)Nc2ccc(NCCC3=CCCCC3)cc2)cc1. The summed E-state index contributed by atoms with van der Waals surface area (Å²) in [6.45, 7) is 2.83. The highest BCUT2D eigenvalue weighted by atomic mass is 32.2. The molecule has 4 nitrogen and oxygen atoms in total. The summed E-state index contributed by atoms with van der Waals surface area (Å²) in [4.78, 5) is 0.269. The van der Waals surface area contributed by atoms with E-state index in [1.54, 1.807) is 42.0 Å². The van der Waals surface area contributed by atoms with Gasteiger partial charge in [-0.1, -0.05) is 29.3 Å². The Kier molecular flexibility index (Phi) is 5.99. The molecule has 0 atom stereocenters. The van der Waals surface area contributed by atoms with Gasteiger partial charge in [-0.3, -0.25) is 4.72 Å². The third-order valence-electron chi connectivity index (χ3n) is 4.63. The molecule has 1 aliphatic carbocycles. The van der Waals surface area contributed by atoms with Crippen molar-refractivity contribution in [3.8, 4) is 0 Å². The highest BCUT2D eigenvalue weighted by molar-refractivity contribution is 7.92. The lowest BCUT2D eigenvalue weighted by Gasteiger charge is -2.14. The fourth-order valence-corrected chi connectivity index (χ4v) is 4.15. The summed E-state index contributed by atoms with van der Waals surface area (Å²) in [7, 11) is -3.55. The van der Waals surface area contributed by atoms with Gasteiger partial charge in [0.2, 0.25) is 0 Å². The Morgan fingerprint density at radius 1 is 0.923 bits per heavy atom. The summed E-state index contributed by atoms with van der Waals surface area (Å²) in [5, 5.41) is 3.40. The number of rotatable bonds is 7. The molecule has 0 saturated carbocycles. The third kappa shape index (κ3) is 5.11. The van der Waals surface area contributed by atoms with Crippen LogP contribution in [0.1, 0.15) is 37.7 Å². The molecule has 2 aromatic rings. The first kappa shape index (κ1) is 18.5. The average Bonchev–Trinajstić information content (AvgIpc) is 2.64. The van der Waals surface area contributed by atoms with Crippen LogP contribution in [0.25, 0.3) is 0 Å². The van der Waals surface area contributed by atoms with E-state index in [2.05, 4.69) is 16.1 Å². The molecule has 0 aliphatic heterocycles. The smallest absolute Gasteiger partial charge is 0.261 e. The first-order chi connectivity index (χ1) is 12.5. The molecule has 0 saturated heterocycles. The van der Waals surface area contributed by atoms with E-state index in [0.29, 0.717) is 5.69 Å². The number of anilines is 2. The number of hydrogen-bond donors (Lipinski definition) is 2. The zero-order valence-electron chi connectivity index (χ0n) is 15.2. The van der Waals surface area contributed by atoms with E-state index in [1.807, 2.05) is 19.1 Å². The summed E-state index contributed by atoms with van der Waals surface area (Å²) in [5.74, 6) is 0. The maximum absolute atomic E-state index is 12.4. The quantitative estimate of drug-likeness (QED) is 0.667. The predicted molar refractivity (Wildman–Crippen MR) is 108 cm³/mol.